The number of hydrogen-bond acceptors (Lipinski definition) is 5. The van der Waals surface area contributed by atoms with Crippen molar-refractivity contribution in [1.29, 1.82) is 0 Å². The van der Waals surface area contributed by atoms with Crippen molar-refractivity contribution in [2.24, 2.45) is 5.92 Å². The van der Waals surface area contributed by atoms with E-state index in [2.05, 4.69) is 10.9 Å². The average molecular weight is 528 g/mol. The van der Waals surface area contributed by atoms with Gasteiger partial charge < -0.3 is 14.4 Å². The average Bonchev–Trinajstić information content (AvgIpc) is 3.26. The van der Waals surface area contributed by atoms with Crippen molar-refractivity contribution in [2.75, 3.05) is 24.0 Å². The van der Waals surface area contributed by atoms with Crippen LogP contribution in [-0.4, -0.2) is 25.5 Å². The van der Waals surface area contributed by atoms with Crippen LogP contribution in [-0.2, 0) is 16.2 Å². The maximum atomic E-state index is 12.8. The van der Waals surface area contributed by atoms with E-state index in [1.165, 1.54) is 7.11 Å². The van der Waals surface area contributed by atoms with Crippen molar-refractivity contribution in [2.45, 2.75) is 26.9 Å². The number of nitrogens with one attached hydrogen (secondary N) is 2. The summed E-state index contributed by atoms with van der Waals surface area (Å²) in [5.74, 6) is 0.247. The summed E-state index contributed by atoms with van der Waals surface area (Å²) in [7, 11) is 1.54. The fourth-order valence-electron chi connectivity index (χ4n) is 3.92. The molecule has 0 spiro atoms. The number of hydrazine groups is 1. The summed E-state index contributed by atoms with van der Waals surface area (Å²) in [5.41, 5.74) is 10.1. The van der Waals surface area contributed by atoms with Crippen LogP contribution >= 0.6 is 23.2 Å². The van der Waals surface area contributed by atoms with Crippen LogP contribution in [0.2, 0.25) is 10.0 Å². The Hall–Kier alpha value is -3.42. The molecule has 1 fully saturated rings. The molecular weight excluding hydrogens is 501 g/mol. The number of carbonyl (C=O) groups excluding carboxylic acids is 2. The molecule has 2 amide bonds. The molecule has 0 bridgehead atoms. The smallest absolute Gasteiger partial charge is 0.243 e. The Morgan fingerprint density at radius 2 is 1.81 bits per heavy atom. The number of benzene rings is 3. The molecule has 1 heterocycles. The first kappa shape index (κ1) is 25.7. The molecule has 3 aromatic rings. The molecule has 1 saturated heterocycles. The Bertz CT molecular complexity index is 1300. The summed E-state index contributed by atoms with van der Waals surface area (Å²) in [6, 6.07) is 16.4. The lowest BCUT2D eigenvalue weighted by molar-refractivity contribution is -0.125. The van der Waals surface area contributed by atoms with E-state index in [0.29, 0.717) is 33.8 Å². The predicted molar refractivity (Wildman–Crippen MR) is 142 cm³/mol. The van der Waals surface area contributed by atoms with Crippen LogP contribution in [0.15, 0.2) is 54.6 Å². The number of halogens is 2. The Balaban J connectivity index is 1.34. The zero-order valence-electron chi connectivity index (χ0n) is 20.2. The van der Waals surface area contributed by atoms with Gasteiger partial charge in [-0.1, -0.05) is 35.3 Å². The number of anilines is 2. The van der Waals surface area contributed by atoms with Crippen LogP contribution in [0.4, 0.5) is 11.4 Å². The van der Waals surface area contributed by atoms with Crippen LogP contribution in [0, 0.1) is 19.8 Å². The topological polar surface area (TPSA) is 79.9 Å². The molecule has 1 aliphatic heterocycles. The van der Waals surface area contributed by atoms with Gasteiger partial charge in [-0.2, -0.15) is 0 Å². The Kier molecular flexibility index (Phi) is 7.91. The molecule has 4 rings (SSSR count). The first-order valence-corrected chi connectivity index (χ1v) is 12.2. The molecule has 0 aliphatic carbocycles. The van der Waals surface area contributed by atoms with Crippen LogP contribution in [0.3, 0.4) is 0 Å². The van der Waals surface area contributed by atoms with Gasteiger partial charge in [0.05, 0.1) is 28.8 Å². The summed E-state index contributed by atoms with van der Waals surface area (Å²) < 4.78 is 11.3. The largest absolute Gasteiger partial charge is 0.493 e. The molecule has 36 heavy (non-hydrogen) atoms. The monoisotopic (exact) mass is 527 g/mol. The van der Waals surface area contributed by atoms with E-state index in [1.54, 1.807) is 35.2 Å². The summed E-state index contributed by atoms with van der Waals surface area (Å²) in [6.45, 7) is 4.64. The number of methoxy groups -OCH3 is 1. The van der Waals surface area contributed by atoms with Gasteiger partial charge in [0.2, 0.25) is 11.8 Å². The zero-order valence-corrected chi connectivity index (χ0v) is 21.7. The molecule has 2 N–H and O–H groups in total. The van der Waals surface area contributed by atoms with Gasteiger partial charge in [-0.25, -0.2) is 0 Å². The van der Waals surface area contributed by atoms with Crippen molar-refractivity contribution in [3.8, 4) is 11.5 Å². The van der Waals surface area contributed by atoms with Crippen LogP contribution in [0.25, 0.3) is 0 Å². The highest BCUT2D eigenvalue weighted by Gasteiger charge is 2.35. The summed E-state index contributed by atoms with van der Waals surface area (Å²) in [4.78, 5) is 27.0. The fourth-order valence-corrected chi connectivity index (χ4v) is 4.24. The molecule has 0 radical (unpaired) electrons. The second-order valence-electron chi connectivity index (χ2n) is 8.69. The number of carbonyl (C=O) groups is 2. The molecule has 188 valence electrons. The number of hydrogen-bond donors (Lipinski definition) is 2. The number of rotatable bonds is 8. The molecule has 1 atom stereocenters. The maximum absolute atomic E-state index is 12.8. The van der Waals surface area contributed by atoms with E-state index in [0.717, 1.165) is 22.4 Å². The molecule has 1 aliphatic rings. The molecular formula is C27H27Cl2N3O4. The van der Waals surface area contributed by atoms with E-state index < -0.39 is 5.92 Å². The van der Waals surface area contributed by atoms with Crippen molar-refractivity contribution in [3.63, 3.8) is 0 Å². The predicted octanol–water partition coefficient (Wildman–Crippen LogP) is 5.69. The van der Waals surface area contributed by atoms with Crippen LogP contribution in [0.1, 0.15) is 23.1 Å². The van der Waals surface area contributed by atoms with Gasteiger partial charge in [0, 0.05) is 24.7 Å². The van der Waals surface area contributed by atoms with Gasteiger partial charge in [0.25, 0.3) is 0 Å². The van der Waals surface area contributed by atoms with Gasteiger partial charge in [-0.3, -0.25) is 20.4 Å². The second-order valence-corrected chi connectivity index (χ2v) is 9.51. The van der Waals surface area contributed by atoms with Crippen molar-refractivity contribution < 1.29 is 19.1 Å². The number of amides is 2. The third-order valence-electron chi connectivity index (χ3n) is 6.17. The minimum atomic E-state index is -0.456. The summed E-state index contributed by atoms with van der Waals surface area (Å²) >= 11 is 12.0. The molecule has 9 heteroatoms. The molecule has 0 aromatic heterocycles. The van der Waals surface area contributed by atoms with Gasteiger partial charge >= 0.3 is 0 Å². The van der Waals surface area contributed by atoms with Gasteiger partial charge in [0.1, 0.15) is 6.61 Å². The summed E-state index contributed by atoms with van der Waals surface area (Å²) in [5, 5.41) is 0.941. The quantitative estimate of drug-likeness (QED) is 0.367. The van der Waals surface area contributed by atoms with E-state index in [9.17, 15) is 9.59 Å². The van der Waals surface area contributed by atoms with E-state index in [4.69, 9.17) is 32.7 Å². The fraction of sp³-hybridized carbons (Fsp3) is 0.259. The lowest BCUT2D eigenvalue weighted by Crippen LogP contribution is -2.36. The third kappa shape index (κ3) is 5.86. The number of nitrogens with zero attached hydrogens (tertiary/aromatic N) is 1. The van der Waals surface area contributed by atoms with Gasteiger partial charge in [0.15, 0.2) is 11.5 Å². The normalized spacial score (nSPS) is 15.1. The Labute approximate surface area is 220 Å². The summed E-state index contributed by atoms with van der Waals surface area (Å²) in [6.07, 6.45) is 0.158. The Morgan fingerprint density at radius 1 is 1.00 bits per heavy atom. The van der Waals surface area contributed by atoms with Crippen molar-refractivity contribution >= 4 is 46.4 Å². The number of ether oxygens (including phenoxy) is 2. The highest BCUT2D eigenvalue weighted by molar-refractivity contribution is 6.42. The first-order chi connectivity index (χ1) is 17.2. The number of aryl methyl sites for hydroxylation is 2. The van der Waals surface area contributed by atoms with Crippen molar-refractivity contribution in [1.82, 2.24) is 5.43 Å². The second kappa shape index (κ2) is 11.1. The van der Waals surface area contributed by atoms with E-state index >= 15 is 0 Å². The minimum absolute atomic E-state index is 0.0662. The standard InChI is InChI=1S/C27H27Cl2N3O4/c1-16-4-7-21(10-17(16)2)32-14-19(12-26(32)33)27(34)31-30-20-6-9-24(25(13-20)35-3)36-15-18-5-8-22(28)23(29)11-18/h4-11,13,19,30H,12,14-15H2,1-3H3,(H,31,34)/t19-/m1/s1. The highest BCUT2D eigenvalue weighted by atomic mass is 35.5. The molecule has 0 saturated carbocycles. The van der Waals surface area contributed by atoms with Gasteiger partial charge in [-0.05, 0) is 66.9 Å². The maximum Gasteiger partial charge on any atom is 0.243 e. The lowest BCUT2D eigenvalue weighted by atomic mass is 10.1. The zero-order chi connectivity index (χ0) is 25.8. The minimum Gasteiger partial charge on any atom is -0.493 e. The van der Waals surface area contributed by atoms with Gasteiger partial charge in [-0.15, -0.1) is 0 Å². The Morgan fingerprint density at radius 3 is 2.53 bits per heavy atom. The third-order valence-corrected chi connectivity index (χ3v) is 6.91. The first-order valence-electron chi connectivity index (χ1n) is 11.4. The molecule has 7 nitrogen and oxygen atoms in total. The van der Waals surface area contributed by atoms with Crippen molar-refractivity contribution in [3.05, 3.63) is 81.3 Å². The lowest BCUT2D eigenvalue weighted by Gasteiger charge is -2.18. The molecule has 3 aromatic carbocycles. The van der Waals surface area contributed by atoms with E-state index in [-0.39, 0.29) is 24.8 Å². The molecule has 0 unspecified atom stereocenters. The van der Waals surface area contributed by atoms with E-state index in [1.807, 2.05) is 38.1 Å². The SMILES string of the molecule is COc1cc(NNC(=O)[C@@H]2CC(=O)N(c3ccc(C)c(C)c3)C2)ccc1OCc1ccc(Cl)c(Cl)c1. The highest BCUT2D eigenvalue weighted by Crippen LogP contribution is 2.32. The van der Waals surface area contributed by atoms with Crippen LogP contribution in [0.5, 0.6) is 11.5 Å². The van der Waals surface area contributed by atoms with Crippen LogP contribution < -0.4 is 25.2 Å².